The quantitative estimate of drug-likeness (QED) is 0.142. The fourth-order valence-corrected chi connectivity index (χ4v) is 5.23. The van der Waals surface area contributed by atoms with Crippen LogP contribution in [0.4, 0.5) is 0 Å². The summed E-state index contributed by atoms with van der Waals surface area (Å²) in [5.74, 6) is 0. The molecule has 0 saturated carbocycles. The SMILES string of the molecule is CCCCOC[C@H]1O[C@@H](c2ccc(Cl)c(Cc3ccc(C#N)nn3)c2)[C@H](OCCCC)[C@@H](OCCCC)[C@@H]1OCCCC. The molecule has 0 amide bonds. The topological polar surface area (TPSA) is 95.7 Å². The Hall–Kier alpha value is -2.12. The van der Waals surface area contributed by atoms with Crippen LogP contribution < -0.4 is 0 Å². The van der Waals surface area contributed by atoms with Gasteiger partial charge < -0.3 is 23.7 Å². The molecular weight excluding hydrogens is 566 g/mol. The highest BCUT2D eigenvalue weighted by atomic mass is 35.5. The Kier molecular flexibility index (Phi) is 16.5. The van der Waals surface area contributed by atoms with Gasteiger partial charge in [-0.3, -0.25) is 0 Å². The molecule has 8 nitrogen and oxygen atoms in total. The number of nitriles is 1. The Bertz CT molecular complexity index is 1100. The molecule has 0 radical (unpaired) electrons. The third kappa shape index (κ3) is 11.1. The van der Waals surface area contributed by atoms with Gasteiger partial charge in [-0.1, -0.05) is 77.1 Å². The summed E-state index contributed by atoms with van der Waals surface area (Å²) < 4.78 is 32.8. The lowest BCUT2D eigenvalue weighted by Gasteiger charge is -2.46. The molecule has 1 aromatic carbocycles. The first-order chi connectivity index (χ1) is 21.1. The number of hydrogen-bond donors (Lipinski definition) is 0. The van der Waals surface area contributed by atoms with Gasteiger partial charge in [0, 0.05) is 37.9 Å². The van der Waals surface area contributed by atoms with E-state index in [1.807, 2.05) is 24.3 Å². The molecule has 1 aliphatic heterocycles. The molecule has 0 aliphatic carbocycles. The highest BCUT2D eigenvalue weighted by Crippen LogP contribution is 2.39. The van der Waals surface area contributed by atoms with Crippen LogP contribution in [0.3, 0.4) is 0 Å². The minimum atomic E-state index is -0.405. The zero-order chi connectivity index (χ0) is 30.9. The van der Waals surface area contributed by atoms with Crippen molar-refractivity contribution in [1.29, 1.82) is 5.26 Å². The van der Waals surface area contributed by atoms with Crippen molar-refractivity contribution in [2.45, 2.75) is 116 Å². The number of hydrogen-bond acceptors (Lipinski definition) is 8. The van der Waals surface area contributed by atoms with Crippen molar-refractivity contribution in [3.05, 3.63) is 57.9 Å². The molecule has 0 bridgehead atoms. The third-order valence-electron chi connectivity index (χ3n) is 7.59. The van der Waals surface area contributed by atoms with E-state index >= 15 is 0 Å². The van der Waals surface area contributed by atoms with Gasteiger partial charge in [-0.05, 0) is 55.0 Å². The van der Waals surface area contributed by atoms with E-state index in [1.165, 1.54) is 0 Å². The number of rotatable bonds is 20. The number of halogens is 1. The van der Waals surface area contributed by atoms with E-state index < -0.39 is 6.10 Å². The van der Waals surface area contributed by atoms with Gasteiger partial charge in [0.15, 0.2) is 5.69 Å². The summed E-state index contributed by atoms with van der Waals surface area (Å²) in [6, 6.07) is 11.5. The summed E-state index contributed by atoms with van der Waals surface area (Å²) in [6.45, 7) is 11.6. The number of ether oxygens (including phenoxy) is 5. The summed E-state index contributed by atoms with van der Waals surface area (Å²) in [5, 5.41) is 17.9. The van der Waals surface area contributed by atoms with Crippen LogP contribution >= 0.6 is 11.6 Å². The zero-order valence-corrected chi connectivity index (χ0v) is 27.2. The maximum absolute atomic E-state index is 9.09. The largest absolute Gasteiger partial charge is 0.379 e. The average Bonchev–Trinajstić information content (AvgIpc) is 3.02. The molecule has 1 aromatic heterocycles. The summed E-state index contributed by atoms with van der Waals surface area (Å²) in [5.41, 5.74) is 2.86. The Labute approximate surface area is 263 Å². The first-order valence-electron chi connectivity index (χ1n) is 16.1. The average molecular weight is 616 g/mol. The maximum atomic E-state index is 9.09. The molecule has 0 spiro atoms. The number of aromatic nitrogens is 2. The number of benzene rings is 1. The summed E-state index contributed by atoms with van der Waals surface area (Å²) in [4.78, 5) is 0. The van der Waals surface area contributed by atoms with Gasteiger partial charge in [0.2, 0.25) is 0 Å². The fraction of sp³-hybridized carbons (Fsp3) is 0.676. The molecule has 2 aromatic rings. The van der Waals surface area contributed by atoms with Crippen LogP contribution in [0.15, 0.2) is 30.3 Å². The number of unbranched alkanes of at least 4 members (excludes halogenated alkanes) is 4. The van der Waals surface area contributed by atoms with Gasteiger partial charge >= 0.3 is 0 Å². The first kappa shape index (κ1) is 35.4. The number of nitrogens with zero attached hydrogens (tertiary/aromatic N) is 3. The molecule has 1 saturated heterocycles. The van der Waals surface area contributed by atoms with E-state index in [0.29, 0.717) is 44.5 Å². The van der Waals surface area contributed by atoms with Gasteiger partial charge in [0.1, 0.15) is 36.6 Å². The van der Waals surface area contributed by atoms with Crippen LogP contribution in [0.5, 0.6) is 0 Å². The predicted molar refractivity (Wildman–Crippen MR) is 168 cm³/mol. The van der Waals surface area contributed by atoms with E-state index in [9.17, 15) is 0 Å². The Morgan fingerprint density at radius 3 is 2.02 bits per heavy atom. The molecule has 0 N–H and O–H groups in total. The Morgan fingerprint density at radius 2 is 1.42 bits per heavy atom. The molecule has 238 valence electrons. The van der Waals surface area contributed by atoms with Crippen molar-refractivity contribution in [2.75, 3.05) is 33.0 Å². The van der Waals surface area contributed by atoms with Gasteiger partial charge in [-0.15, -0.1) is 5.10 Å². The van der Waals surface area contributed by atoms with Gasteiger partial charge in [0.05, 0.1) is 12.3 Å². The molecule has 1 fully saturated rings. The predicted octanol–water partition coefficient (Wildman–Crippen LogP) is 7.40. The van der Waals surface area contributed by atoms with Crippen molar-refractivity contribution in [1.82, 2.24) is 10.2 Å². The fourth-order valence-electron chi connectivity index (χ4n) is 5.04. The highest BCUT2D eigenvalue weighted by Gasteiger charge is 2.48. The summed E-state index contributed by atoms with van der Waals surface area (Å²) >= 11 is 6.68. The van der Waals surface area contributed by atoms with E-state index in [1.54, 1.807) is 6.07 Å². The Morgan fingerprint density at radius 1 is 0.791 bits per heavy atom. The van der Waals surface area contributed by atoms with Crippen LogP contribution in [-0.4, -0.2) is 67.6 Å². The smallest absolute Gasteiger partial charge is 0.163 e. The second-order valence-electron chi connectivity index (χ2n) is 11.1. The van der Waals surface area contributed by atoms with Crippen molar-refractivity contribution in [2.24, 2.45) is 0 Å². The van der Waals surface area contributed by atoms with Crippen LogP contribution in [0.25, 0.3) is 0 Å². The maximum Gasteiger partial charge on any atom is 0.163 e. The molecule has 3 rings (SSSR count). The minimum absolute atomic E-state index is 0.281. The molecular formula is C34H50ClN3O5. The second kappa shape index (κ2) is 20.0. The van der Waals surface area contributed by atoms with Crippen LogP contribution in [0.1, 0.15) is 108 Å². The Balaban J connectivity index is 1.98. The van der Waals surface area contributed by atoms with Gasteiger partial charge in [-0.2, -0.15) is 10.4 Å². The third-order valence-corrected chi connectivity index (χ3v) is 7.96. The molecule has 0 unspecified atom stereocenters. The monoisotopic (exact) mass is 615 g/mol. The molecule has 5 atom stereocenters. The van der Waals surface area contributed by atoms with Crippen LogP contribution in [0.2, 0.25) is 5.02 Å². The van der Waals surface area contributed by atoms with Crippen LogP contribution in [0, 0.1) is 11.3 Å². The van der Waals surface area contributed by atoms with E-state index in [-0.39, 0.29) is 30.1 Å². The minimum Gasteiger partial charge on any atom is -0.379 e. The molecule has 9 heteroatoms. The van der Waals surface area contributed by atoms with Crippen molar-refractivity contribution < 1.29 is 23.7 Å². The normalized spacial score (nSPS) is 22.0. The van der Waals surface area contributed by atoms with E-state index in [2.05, 4.69) is 44.0 Å². The summed E-state index contributed by atoms with van der Waals surface area (Å²) in [6.07, 6.45) is 6.79. The zero-order valence-electron chi connectivity index (χ0n) is 26.4. The lowest BCUT2D eigenvalue weighted by molar-refractivity contribution is -0.268. The van der Waals surface area contributed by atoms with E-state index in [0.717, 1.165) is 68.2 Å². The van der Waals surface area contributed by atoms with E-state index in [4.69, 9.17) is 40.5 Å². The van der Waals surface area contributed by atoms with Crippen molar-refractivity contribution in [3.63, 3.8) is 0 Å². The van der Waals surface area contributed by atoms with Gasteiger partial charge in [0.25, 0.3) is 0 Å². The van der Waals surface area contributed by atoms with Crippen molar-refractivity contribution >= 4 is 11.6 Å². The lowest BCUT2D eigenvalue weighted by atomic mass is 9.89. The lowest BCUT2D eigenvalue weighted by Crippen LogP contribution is -2.58. The standard InChI is InChI=1S/C34H50ClN3O5/c1-5-9-17-39-24-30-32(40-18-10-6-2)34(42-20-12-8-4)33(41-19-11-7-3)31(43-30)25-13-16-29(35)26(21-25)22-27-14-15-28(23-36)38-37-27/h13-16,21,30-34H,5-12,17-20,22,24H2,1-4H3/t30-,31+,32-,33+,34+/m1/s1. The summed E-state index contributed by atoms with van der Waals surface area (Å²) in [7, 11) is 0. The van der Waals surface area contributed by atoms with Gasteiger partial charge in [-0.25, -0.2) is 0 Å². The molecule has 2 heterocycles. The molecule has 43 heavy (non-hydrogen) atoms. The van der Waals surface area contributed by atoms with Crippen LogP contribution in [-0.2, 0) is 30.1 Å². The first-order valence-corrected chi connectivity index (χ1v) is 16.5. The van der Waals surface area contributed by atoms with Crippen molar-refractivity contribution in [3.8, 4) is 6.07 Å². The second-order valence-corrected chi connectivity index (χ2v) is 11.5. The molecule has 1 aliphatic rings. The highest BCUT2D eigenvalue weighted by molar-refractivity contribution is 6.31.